The zero-order valence-electron chi connectivity index (χ0n) is 19.4. The van der Waals surface area contributed by atoms with E-state index in [1.54, 1.807) is 0 Å². The maximum Gasteiger partial charge on any atom is 0.139 e. The molecule has 4 saturated carbocycles. The monoisotopic (exact) mass is 407 g/mol. The largest absolute Gasteiger partial charge is 0.316 e. The van der Waals surface area contributed by atoms with Crippen molar-refractivity contribution in [2.24, 2.45) is 28.1 Å². The highest BCUT2D eigenvalue weighted by atomic mass is 16.1. The highest BCUT2D eigenvalue weighted by molar-refractivity contribution is 5.86. The first-order valence-corrected chi connectivity index (χ1v) is 12.6. The molecule has 0 aromatic heterocycles. The number of nitrogens with one attached hydrogen (secondary N) is 1. The summed E-state index contributed by atoms with van der Waals surface area (Å²) in [6, 6.07) is 11.3. The molecule has 5 fully saturated rings. The molecule has 1 N–H and O–H groups in total. The van der Waals surface area contributed by atoms with Gasteiger partial charge >= 0.3 is 0 Å². The molecule has 5 atom stereocenters. The first-order valence-electron chi connectivity index (χ1n) is 12.6. The third-order valence-corrected chi connectivity index (χ3v) is 9.73. The number of carbonyl (C=O) groups excluding carboxylic acids is 1. The lowest BCUT2D eigenvalue weighted by Crippen LogP contribution is -2.61. The molecule has 30 heavy (non-hydrogen) atoms. The van der Waals surface area contributed by atoms with Crippen LogP contribution in [0.5, 0.6) is 0 Å². The summed E-state index contributed by atoms with van der Waals surface area (Å²) in [6.45, 7) is 9.19. The molecule has 2 nitrogen and oxygen atoms in total. The second-order valence-electron chi connectivity index (χ2n) is 12.5. The maximum absolute atomic E-state index is 14.2. The fraction of sp³-hybridized carbons (Fsp3) is 0.750. The molecule has 0 radical (unpaired) electrons. The number of hydrogen-bond acceptors (Lipinski definition) is 2. The Balaban J connectivity index is 1.49. The number of rotatable bonds is 6. The van der Waals surface area contributed by atoms with Crippen LogP contribution in [-0.4, -0.2) is 18.9 Å². The predicted octanol–water partition coefficient (Wildman–Crippen LogP) is 6.29. The number of Topliss-reactive ketones (excluding diaryl/α,β-unsaturated/α-hetero) is 1. The van der Waals surface area contributed by atoms with Crippen molar-refractivity contribution in [2.75, 3.05) is 13.1 Å². The minimum atomic E-state index is -0.0502. The molecule has 2 heteroatoms. The lowest BCUT2D eigenvalue weighted by atomic mass is 9.37. The van der Waals surface area contributed by atoms with Crippen molar-refractivity contribution < 1.29 is 4.79 Å². The molecule has 1 aromatic rings. The fourth-order valence-corrected chi connectivity index (χ4v) is 8.91. The third kappa shape index (κ3) is 3.29. The predicted molar refractivity (Wildman–Crippen MR) is 123 cm³/mol. The van der Waals surface area contributed by atoms with Crippen molar-refractivity contribution in [3.8, 4) is 0 Å². The van der Waals surface area contributed by atoms with E-state index in [2.05, 4.69) is 56.4 Å². The minimum absolute atomic E-state index is 0.0502. The number of piperidine rings is 1. The Morgan fingerprint density at radius 1 is 1.07 bits per heavy atom. The molecule has 1 aromatic carbocycles. The van der Waals surface area contributed by atoms with Gasteiger partial charge in [-0.15, -0.1) is 0 Å². The van der Waals surface area contributed by atoms with E-state index in [0.29, 0.717) is 17.1 Å². The van der Waals surface area contributed by atoms with Gasteiger partial charge in [-0.25, -0.2) is 0 Å². The second-order valence-corrected chi connectivity index (χ2v) is 12.5. The quantitative estimate of drug-likeness (QED) is 0.600. The number of carbonyl (C=O) groups is 1. The molecule has 1 saturated heterocycles. The van der Waals surface area contributed by atoms with Gasteiger partial charge in [0.05, 0.1) is 0 Å². The Kier molecular flexibility index (Phi) is 4.97. The first-order chi connectivity index (χ1) is 14.3. The average Bonchev–Trinajstić information content (AvgIpc) is 2.69. The highest BCUT2D eigenvalue weighted by Crippen LogP contribution is 2.71. The normalized spacial score (nSPS) is 41.7. The van der Waals surface area contributed by atoms with E-state index in [0.717, 1.165) is 38.3 Å². The smallest absolute Gasteiger partial charge is 0.139 e. The number of ketones is 1. The van der Waals surface area contributed by atoms with Gasteiger partial charge in [-0.1, -0.05) is 57.5 Å². The maximum atomic E-state index is 14.2. The van der Waals surface area contributed by atoms with Crippen LogP contribution in [0.15, 0.2) is 30.3 Å². The average molecular weight is 408 g/mol. The Bertz CT molecular complexity index is 800. The fourth-order valence-electron chi connectivity index (χ4n) is 8.91. The van der Waals surface area contributed by atoms with Crippen LogP contribution in [0.4, 0.5) is 0 Å². The molecular weight excluding hydrogens is 366 g/mol. The van der Waals surface area contributed by atoms with E-state index >= 15 is 0 Å². The summed E-state index contributed by atoms with van der Waals surface area (Å²) in [5.74, 6) is 1.92. The van der Waals surface area contributed by atoms with Crippen LogP contribution >= 0.6 is 0 Å². The summed E-state index contributed by atoms with van der Waals surface area (Å²) < 4.78 is 0. The van der Waals surface area contributed by atoms with Gasteiger partial charge in [-0.05, 0) is 91.6 Å². The van der Waals surface area contributed by atoms with Crippen molar-refractivity contribution in [1.82, 2.24) is 5.32 Å². The zero-order chi connectivity index (χ0) is 21.0. The molecule has 164 valence electrons. The molecule has 1 heterocycles. The van der Waals surface area contributed by atoms with E-state index in [4.69, 9.17) is 0 Å². The van der Waals surface area contributed by atoms with Gasteiger partial charge in [0.25, 0.3) is 0 Å². The van der Waals surface area contributed by atoms with Gasteiger partial charge in [-0.2, -0.15) is 0 Å². The van der Waals surface area contributed by atoms with Gasteiger partial charge < -0.3 is 5.32 Å². The lowest BCUT2D eigenvalue weighted by Gasteiger charge is -2.67. The minimum Gasteiger partial charge on any atom is -0.316 e. The van der Waals surface area contributed by atoms with E-state index in [1.165, 1.54) is 50.5 Å². The Morgan fingerprint density at radius 2 is 1.87 bits per heavy atom. The Hall–Kier alpha value is -1.15. The third-order valence-electron chi connectivity index (χ3n) is 9.73. The highest BCUT2D eigenvalue weighted by Gasteiger charge is 2.65. The van der Waals surface area contributed by atoms with E-state index in [1.807, 2.05) is 0 Å². The summed E-state index contributed by atoms with van der Waals surface area (Å²) in [6.07, 6.45) is 12.0. The Labute approximate surface area is 183 Å². The standard InChI is InChI=1S/C28H41NO/c1-4-11-26-14-21-15-27(17-26,22-8-6-5-7-9-22)19-28(16-21,18-26)24(30)13-23-10-12-29-20-25(23,2)3/h5-9,21,23,29H,4,10-20H2,1-3H3/t21?,23-,26+,27+,28?/m0/s1. The van der Waals surface area contributed by atoms with Crippen molar-refractivity contribution in [3.63, 3.8) is 0 Å². The molecule has 4 aliphatic carbocycles. The van der Waals surface area contributed by atoms with E-state index in [9.17, 15) is 4.79 Å². The van der Waals surface area contributed by atoms with Crippen molar-refractivity contribution >= 4 is 5.78 Å². The molecule has 1 aliphatic heterocycles. The summed E-state index contributed by atoms with van der Waals surface area (Å²) >= 11 is 0. The van der Waals surface area contributed by atoms with Crippen LogP contribution in [-0.2, 0) is 10.2 Å². The summed E-state index contributed by atoms with van der Waals surface area (Å²) in [5, 5.41) is 3.55. The molecule has 5 aliphatic rings. The topological polar surface area (TPSA) is 29.1 Å². The van der Waals surface area contributed by atoms with Crippen molar-refractivity contribution in [2.45, 2.75) is 90.4 Å². The van der Waals surface area contributed by atoms with Crippen LogP contribution in [0.2, 0.25) is 0 Å². The van der Waals surface area contributed by atoms with Crippen molar-refractivity contribution in [1.29, 1.82) is 0 Å². The van der Waals surface area contributed by atoms with Crippen molar-refractivity contribution in [3.05, 3.63) is 35.9 Å². The number of hydrogen-bond donors (Lipinski definition) is 1. The van der Waals surface area contributed by atoms with Gasteiger partial charge in [0, 0.05) is 18.4 Å². The molecule has 0 amide bonds. The van der Waals surface area contributed by atoms with Gasteiger partial charge in [0.1, 0.15) is 5.78 Å². The summed E-state index contributed by atoms with van der Waals surface area (Å²) in [5.41, 5.74) is 2.35. The Morgan fingerprint density at radius 3 is 2.60 bits per heavy atom. The summed E-state index contributed by atoms with van der Waals surface area (Å²) in [7, 11) is 0. The van der Waals surface area contributed by atoms with Gasteiger partial charge in [0.2, 0.25) is 0 Å². The second kappa shape index (κ2) is 7.19. The molecule has 2 unspecified atom stereocenters. The van der Waals surface area contributed by atoms with Gasteiger partial charge in [-0.3, -0.25) is 4.79 Å². The molecule has 4 bridgehead atoms. The van der Waals surface area contributed by atoms with Crippen LogP contribution in [0.3, 0.4) is 0 Å². The van der Waals surface area contributed by atoms with Crippen LogP contribution < -0.4 is 5.32 Å². The molecule has 6 rings (SSSR count). The van der Waals surface area contributed by atoms with Crippen LogP contribution in [0, 0.1) is 28.1 Å². The van der Waals surface area contributed by atoms with Gasteiger partial charge in [0.15, 0.2) is 0 Å². The zero-order valence-corrected chi connectivity index (χ0v) is 19.4. The SMILES string of the molecule is CCC[C@]12CC3CC(C(=O)C[C@@H]4CCNCC4(C)C)(C1)C[C@@](c1ccccc1)(C3)C2. The summed E-state index contributed by atoms with van der Waals surface area (Å²) in [4.78, 5) is 14.2. The van der Waals surface area contributed by atoms with E-state index < -0.39 is 0 Å². The molecule has 0 spiro atoms. The first kappa shape index (κ1) is 20.7. The lowest BCUT2D eigenvalue weighted by molar-refractivity contribution is -0.163. The number of benzene rings is 1. The van der Waals surface area contributed by atoms with Crippen LogP contribution in [0.25, 0.3) is 0 Å². The van der Waals surface area contributed by atoms with E-state index in [-0.39, 0.29) is 16.2 Å². The van der Waals surface area contributed by atoms with Crippen LogP contribution in [0.1, 0.15) is 90.5 Å². The molecular formula is C28H41NO.